The van der Waals surface area contributed by atoms with Crippen molar-refractivity contribution in [2.45, 2.75) is 5.92 Å². The number of ether oxygens (including phenoxy) is 1. The molecule has 0 amide bonds. The minimum absolute atomic E-state index is 0.160. The Morgan fingerprint density at radius 1 is 1.05 bits per heavy atom. The summed E-state index contributed by atoms with van der Waals surface area (Å²) in [5, 5.41) is 0. The van der Waals surface area contributed by atoms with Gasteiger partial charge in [-0.25, -0.2) is 4.79 Å². The molecular weight excluding hydrogens is 272 g/mol. The molecule has 0 spiro atoms. The lowest BCUT2D eigenvalue weighted by Gasteiger charge is -2.15. The number of esters is 1. The molecule has 2 aromatic carbocycles. The van der Waals surface area contributed by atoms with E-state index in [0.717, 1.165) is 22.3 Å². The zero-order chi connectivity index (χ0) is 14.1. The number of methoxy groups -OCH3 is 1. The van der Waals surface area contributed by atoms with Gasteiger partial charge in [-0.05, 0) is 22.3 Å². The Bertz CT molecular complexity index is 658. The van der Waals surface area contributed by atoms with Crippen molar-refractivity contribution in [2.75, 3.05) is 7.11 Å². The summed E-state index contributed by atoms with van der Waals surface area (Å²) in [4.78, 5) is 12.0. The van der Waals surface area contributed by atoms with Crippen LogP contribution in [0.4, 0.5) is 0 Å². The van der Waals surface area contributed by atoms with Crippen molar-refractivity contribution in [3.05, 3.63) is 70.8 Å². The van der Waals surface area contributed by atoms with Crippen molar-refractivity contribution in [1.29, 1.82) is 0 Å². The molecule has 2 aromatic rings. The predicted octanol–water partition coefficient (Wildman–Crippen LogP) is 4.09. The van der Waals surface area contributed by atoms with Crippen LogP contribution < -0.4 is 0 Å². The van der Waals surface area contributed by atoms with E-state index in [-0.39, 0.29) is 5.92 Å². The average Bonchev–Trinajstić information content (AvgIpc) is 2.83. The maximum Gasteiger partial charge on any atom is 0.335 e. The monoisotopic (exact) mass is 284 g/mol. The third kappa shape index (κ3) is 1.84. The fourth-order valence-electron chi connectivity index (χ4n) is 2.83. The summed E-state index contributed by atoms with van der Waals surface area (Å²) in [7, 11) is 1.37. The Balaban J connectivity index is 2.24. The van der Waals surface area contributed by atoms with E-state index in [9.17, 15) is 4.79 Å². The van der Waals surface area contributed by atoms with E-state index in [0.29, 0.717) is 5.57 Å². The lowest BCUT2D eigenvalue weighted by molar-refractivity contribution is -0.136. The van der Waals surface area contributed by atoms with E-state index in [4.69, 9.17) is 16.3 Å². The Hall–Kier alpha value is -2.06. The van der Waals surface area contributed by atoms with Gasteiger partial charge < -0.3 is 4.74 Å². The maximum absolute atomic E-state index is 12.0. The molecule has 0 aromatic heterocycles. The minimum Gasteiger partial charge on any atom is -0.466 e. The van der Waals surface area contributed by atoms with Crippen LogP contribution >= 0.6 is 11.6 Å². The smallest absolute Gasteiger partial charge is 0.335 e. The second-order valence-corrected chi connectivity index (χ2v) is 4.88. The Morgan fingerprint density at radius 2 is 1.55 bits per heavy atom. The summed E-state index contributed by atoms with van der Waals surface area (Å²) in [6.45, 7) is 0. The van der Waals surface area contributed by atoms with Crippen LogP contribution in [0.3, 0.4) is 0 Å². The van der Waals surface area contributed by atoms with Gasteiger partial charge in [0.1, 0.15) is 0 Å². The molecule has 0 fully saturated rings. The molecule has 1 aliphatic rings. The van der Waals surface area contributed by atoms with Gasteiger partial charge in [-0.3, -0.25) is 0 Å². The first kappa shape index (κ1) is 12.9. The lowest BCUT2D eigenvalue weighted by atomic mass is 9.90. The van der Waals surface area contributed by atoms with Crippen LogP contribution in [-0.4, -0.2) is 13.1 Å². The van der Waals surface area contributed by atoms with Crippen molar-refractivity contribution < 1.29 is 9.53 Å². The molecule has 0 N–H and O–H groups in total. The second kappa shape index (κ2) is 5.14. The molecule has 20 heavy (non-hydrogen) atoms. The molecule has 3 heteroatoms. The van der Waals surface area contributed by atoms with Crippen LogP contribution in [0, 0.1) is 0 Å². The Kier molecular flexibility index (Phi) is 3.33. The van der Waals surface area contributed by atoms with Crippen molar-refractivity contribution in [3.63, 3.8) is 0 Å². The van der Waals surface area contributed by atoms with E-state index >= 15 is 0 Å². The van der Waals surface area contributed by atoms with E-state index in [1.807, 2.05) is 36.4 Å². The van der Waals surface area contributed by atoms with Gasteiger partial charge in [0.25, 0.3) is 0 Å². The fourth-order valence-corrected chi connectivity index (χ4v) is 3.05. The largest absolute Gasteiger partial charge is 0.466 e. The van der Waals surface area contributed by atoms with E-state index < -0.39 is 5.97 Å². The lowest BCUT2D eigenvalue weighted by Crippen LogP contribution is -2.12. The first-order chi connectivity index (χ1) is 9.77. The maximum atomic E-state index is 12.0. The molecule has 0 unspecified atom stereocenters. The highest BCUT2D eigenvalue weighted by Gasteiger charge is 2.33. The third-order valence-corrected chi connectivity index (χ3v) is 3.92. The first-order valence-corrected chi connectivity index (χ1v) is 6.78. The van der Waals surface area contributed by atoms with Crippen molar-refractivity contribution in [2.24, 2.45) is 0 Å². The zero-order valence-electron chi connectivity index (χ0n) is 11.0. The van der Waals surface area contributed by atoms with Crippen LogP contribution in [-0.2, 0) is 9.53 Å². The highest BCUT2D eigenvalue weighted by molar-refractivity contribution is 6.27. The summed E-state index contributed by atoms with van der Waals surface area (Å²) < 4.78 is 4.85. The highest BCUT2D eigenvalue weighted by Crippen LogP contribution is 2.48. The van der Waals surface area contributed by atoms with Gasteiger partial charge in [0.15, 0.2) is 0 Å². The van der Waals surface area contributed by atoms with Crippen molar-refractivity contribution in [3.8, 4) is 11.1 Å². The minimum atomic E-state index is -0.392. The molecule has 0 bridgehead atoms. The molecule has 0 atom stereocenters. The second-order valence-electron chi connectivity index (χ2n) is 4.66. The number of carbonyl (C=O) groups is 1. The van der Waals surface area contributed by atoms with Crippen LogP contribution in [0.25, 0.3) is 11.1 Å². The molecule has 3 rings (SSSR count). The van der Waals surface area contributed by atoms with Gasteiger partial charge in [-0.2, -0.15) is 0 Å². The zero-order valence-corrected chi connectivity index (χ0v) is 11.7. The van der Waals surface area contributed by atoms with Crippen LogP contribution in [0.1, 0.15) is 17.0 Å². The summed E-state index contributed by atoms with van der Waals surface area (Å²) >= 11 is 5.89. The summed E-state index contributed by atoms with van der Waals surface area (Å²) in [6.07, 6.45) is 0. The molecular formula is C17H13ClO2. The first-order valence-electron chi connectivity index (χ1n) is 6.34. The van der Waals surface area contributed by atoms with E-state index in [1.165, 1.54) is 12.6 Å². The van der Waals surface area contributed by atoms with Gasteiger partial charge in [0.05, 0.1) is 12.7 Å². The van der Waals surface area contributed by atoms with E-state index in [1.54, 1.807) is 0 Å². The SMILES string of the molecule is COC(=O)/C(=C\Cl)C1c2ccccc2-c2ccccc21. The van der Waals surface area contributed by atoms with E-state index in [2.05, 4.69) is 12.1 Å². The number of hydrogen-bond donors (Lipinski definition) is 0. The number of hydrogen-bond acceptors (Lipinski definition) is 2. The molecule has 0 aliphatic heterocycles. The Morgan fingerprint density at radius 3 is 2.00 bits per heavy atom. The van der Waals surface area contributed by atoms with Gasteiger partial charge in [0.2, 0.25) is 0 Å². The van der Waals surface area contributed by atoms with Gasteiger partial charge >= 0.3 is 5.97 Å². The number of benzene rings is 2. The predicted molar refractivity (Wildman–Crippen MR) is 79.7 cm³/mol. The molecule has 0 heterocycles. The molecule has 0 radical (unpaired) electrons. The summed E-state index contributed by atoms with van der Waals surface area (Å²) in [5.74, 6) is -0.552. The number of carbonyl (C=O) groups excluding carboxylic acids is 1. The third-order valence-electron chi connectivity index (χ3n) is 3.68. The molecule has 100 valence electrons. The Labute approximate surface area is 122 Å². The van der Waals surface area contributed by atoms with Crippen LogP contribution in [0.5, 0.6) is 0 Å². The van der Waals surface area contributed by atoms with Gasteiger partial charge in [-0.15, -0.1) is 0 Å². The van der Waals surface area contributed by atoms with Crippen LogP contribution in [0.2, 0.25) is 0 Å². The highest BCUT2D eigenvalue weighted by atomic mass is 35.5. The molecule has 2 nitrogen and oxygen atoms in total. The number of rotatable bonds is 2. The fraction of sp³-hybridized carbons (Fsp3) is 0.118. The summed E-state index contributed by atoms with van der Waals surface area (Å²) in [5.41, 5.74) is 6.26. The topological polar surface area (TPSA) is 26.3 Å². The van der Waals surface area contributed by atoms with Crippen molar-refractivity contribution in [1.82, 2.24) is 0 Å². The number of fused-ring (bicyclic) bond motifs is 3. The van der Waals surface area contributed by atoms with Crippen molar-refractivity contribution >= 4 is 17.6 Å². The quantitative estimate of drug-likeness (QED) is 0.613. The molecule has 1 aliphatic carbocycles. The summed E-state index contributed by atoms with van der Waals surface area (Å²) in [6, 6.07) is 16.1. The van der Waals surface area contributed by atoms with Crippen LogP contribution in [0.15, 0.2) is 59.6 Å². The molecule has 0 saturated carbocycles. The van der Waals surface area contributed by atoms with Gasteiger partial charge in [0, 0.05) is 11.5 Å². The average molecular weight is 285 g/mol. The normalized spacial score (nSPS) is 13.8. The standard InChI is InChI=1S/C17H13ClO2/c1-20-17(19)15(10-18)16-13-8-4-2-6-11(13)12-7-3-5-9-14(12)16/h2-10,16H,1H3/b15-10-. The molecule has 0 saturated heterocycles. The van der Waals surface area contributed by atoms with Gasteiger partial charge in [-0.1, -0.05) is 60.1 Å². The number of halogens is 1.